The second-order valence-corrected chi connectivity index (χ2v) is 13.3. The predicted molar refractivity (Wildman–Crippen MR) is 147 cm³/mol. The Bertz CT molecular complexity index is 1420. The highest BCUT2D eigenvalue weighted by molar-refractivity contribution is 9.10. The maximum absolute atomic E-state index is 12.1. The van der Waals surface area contributed by atoms with Gasteiger partial charge in [-0.2, -0.15) is 30.2 Å². The summed E-state index contributed by atoms with van der Waals surface area (Å²) in [5, 5.41) is 0. The van der Waals surface area contributed by atoms with Gasteiger partial charge in [0, 0.05) is 20.1 Å². The molecule has 0 radical (unpaired) electrons. The number of pyridine rings is 2. The SMILES string of the molecule is COC(=O)N1[C@H](COc2ncc(N)cc2Br)CN(C)S1(=O)=O.Nc1cnc(OC[C@@H]2CNS(=O)(=O)N2)c(Br)c1. The van der Waals surface area contributed by atoms with Gasteiger partial charge in [-0.3, -0.25) is 0 Å². The van der Waals surface area contributed by atoms with Gasteiger partial charge in [-0.1, -0.05) is 0 Å². The standard InChI is InChI=1S/C11H15BrN4O5S.C8H11BrN4O3S/c1-15-5-8(16(11(17)20-2)22(15,18)19)6-21-10-9(12)3-7(13)4-14-10;9-7-1-5(10)2-11-8(7)16-4-6-3-12-17(14,15)13-6/h3-4,8H,5-6,13H2,1-2H3;1-2,6,12-13H,3-4,10H2/t8-;6-/m00/s1. The second-order valence-electron chi connectivity index (χ2n) is 8.11. The minimum atomic E-state index is -3.89. The number of methoxy groups -OCH3 is 1. The monoisotopic (exact) mass is 716 g/mol. The molecular formula is C19H26Br2N8O8S2. The van der Waals surface area contributed by atoms with Crippen LogP contribution in [0.25, 0.3) is 0 Å². The molecule has 2 aliphatic rings. The Morgan fingerprint density at radius 2 is 1.59 bits per heavy atom. The lowest BCUT2D eigenvalue weighted by molar-refractivity contribution is 0.130. The summed E-state index contributed by atoms with van der Waals surface area (Å²) in [6, 6.07) is 2.26. The number of hydrogen-bond acceptors (Lipinski definition) is 12. The van der Waals surface area contributed by atoms with Crippen LogP contribution in [0.15, 0.2) is 33.5 Å². The van der Waals surface area contributed by atoms with E-state index in [9.17, 15) is 21.6 Å². The summed E-state index contributed by atoms with van der Waals surface area (Å²) in [6.07, 6.45) is 1.93. The molecule has 2 atom stereocenters. The summed E-state index contributed by atoms with van der Waals surface area (Å²) >= 11 is 6.50. The lowest BCUT2D eigenvalue weighted by atomic mass is 10.3. The van der Waals surface area contributed by atoms with Crippen LogP contribution in [-0.4, -0.2) is 94.1 Å². The molecule has 6 N–H and O–H groups in total. The van der Waals surface area contributed by atoms with Gasteiger partial charge >= 0.3 is 16.3 Å². The summed E-state index contributed by atoms with van der Waals surface area (Å²) < 4.78 is 69.3. The first-order valence-corrected chi connectivity index (χ1v) is 15.4. The van der Waals surface area contributed by atoms with E-state index in [1.54, 1.807) is 12.1 Å². The van der Waals surface area contributed by atoms with Gasteiger partial charge in [0.15, 0.2) is 0 Å². The van der Waals surface area contributed by atoms with Gasteiger partial charge in [0.05, 0.1) is 45.9 Å². The van der Waals surface area contributed by atoms with Crippen LogP contribution in [0.4, 0.5) is 16.2 Å². The number of halogens is 2. The van der Waals surface area contributed by atoms with Crippen LogP contribution in [-0.2, 0) is 25.2 Å². The minimum Gasteiger partial charge on any atom is -0.475 e. The fraction of sp³-hybridized carbons (Fsp3) is 0.421. The molecule has 20 heteroatoms. The predicted octanol–water partition coefficient (Wildman–Crippen LogP) is 0.0436. The van der Waals surface area contributed by atoms with Crippen LogP contribution in [0.2, 0.25) is 0 Å². The van der Waals surface area contributed by atoms with Crippen LogP contribution < -0.4 is 30.4 Å². The molecule has 0 unspecified atom stereocenters. The number of carbonyl (C=O) groups excluding carboxylic acids is 1. The number of amides is 1. The third-order valence-corrected chi connectivity index (χ3v) is 9.34. The molecule has 0 aliphatic carbocycles. The Balaban J connectivity index is 0.000000223. The van der Waals surface area contributed by atoms with E-state index in [0.29, 0.717) is 37.1 Å². The van der Waals surface area contributed by atoms with Crippen LogP contribution in [0.5, 0.6) is 11.8 Å². The van der Waals surface area contributed by atoms with Crippen LogP contribution in [0, 0.1) is 0 Å². The quantitative estimate of drug-likeness (QED) is 0.311. The first kappa shape index (κ1) is 31.0. The molecule has 0 saturated carbocycles. The third-order valence-electron chi connectivity index (χ3n) is 5.13. The van der Waals surface area contributed by atoms with E-state index in [4.69, 9.17) is 20.9 Å². The van der Waals surface area contributed by atoms with Crippen molar-refractivity contribution in [3.05, 3.63) is 33.5 Å². The summed E-state index contributed by atoms with van der Waals surface area (Å²) in [4.78, 5) is 19.7. The number of nitrogens with two attached hydrogens (primary N) is 2. The molecule has 2 fully saturated rings. The highest BCUT2D eigenvalue weighted by Gasteiger charge is 2.46. The Morgan fingerprint density at radius 3 is 2.05 bits per heavy atom. The minimum absolute atomic E-state index is 0.0613. The number of ether oxygens (including phenoxy) is 3. The molecule has 4 rings (SSSR count). The van der Waals surface area contributed by atoms with E-state index < -0.39 is 32.6 Å². The summed E-state index contributed by atoms with van der Waals surface area (Å²) in [5.41, 5.74) is 12.1. The van der Waals surface area contributed by atoms with Crippen LogP contribution in [0.3, 0.4) is 0 Å². The number of rotatable bonds is 6. The Hall–Kier alpha value is -2.49. The first-order valence-electron chi connectivity index (χ1n) is 10.9. The summed E-state index contributed by atoms with van der Waals surface area (Å²) in [7, 11) is -4.74. The molecule has 0 aromatic carbocycles. The molecule has 39 heavy (non-hydrogen) atoms. The highest BCUT2D eigenvalue weighted by Crippen LogP contribution is 2.27. The van der Waals surface area contributed by atoms with Crippen LogP contribution in [0.1, 0.15) is 0 Å². The van der Waals surface area contributed by atoms with Gasteiger partial charge in [-0.05, 0) is 44.0 Å². The van der Waals surface area contributed by atoms with Crippen molar-refractivity contribution in [1.82, 2.24) is 28.0 Å². The summed E-state index contributed by atoms with van der Waals surface area (Å²) in [6.45, 7) is 0.537. The van der Waals surface area contributed by atoms with Crippen molar-refractivity contribution in [2.75, 3.05) is 51.9 Å². The molecule has 216 valence electrons. The number of likely N-dealkylation sites (N-methyl/N-ethyl adjacent to an activating group) is 1. The van der Waals surface area contributed by atoms with E-state index in [-0.39, 0.29) is 31.7 Å². The smallest absolute Gasteiger partial charge is 0.424 e. The number of carbonyl (C=O) groups is 1. The number of nitrogen functional groups attached to an aromatic ring is 2. The molecule has 0 bridgehead atoms. The van der Waals surface area contributed by atoms with Crippen LogP contribution >= 0.6 is 31.9 Å². The zero-order chi connectivity index (χ0) is 29.0. The van der Waals surface area contributed by atoms with E-state index in [0.717, 1.165) is 11.4 Å². The average molecular weight is 718 g/mol. The molecule has 0 spiro atoms. The van der Waals surface area contributed by atoms with Gasteiger partial charge < -0.3 is 25.7 Å². The maximum Gasteiger partial charge on any atom is 0.424 e. The second kappa shape index (κ2) is 12.8. The zero-order valence-electron chi connectivity index (χ0n) is 20.6. The van der Waals surface area contributed by atoms with Crippen molar-refractivity contribution in [2.24, 2.45) is 0 Å². The highest BCUT2D eigenvalue weighted by atomic mass is 79.9. The van der Waals surface area contributed by atoms with E-state index in [2.05, 4.69) is 56.0 Å². The number of nitrogens with zero attached hydrogens (tertiary/aromatic N) is 4. The van der Waals surface area contributed by atoms with Gasteiger partial charge in [0.2, 0.25) is 11.8 Å². The average Bonchev–Trinajstić information content (AvgIpc) is 3.32. The van der Waals surface area contributed by atoms with Crippen molar-refractivity contribution >= 4 is 69.7 Å². The largest absolute Gasteiger partial charge is 0.475 e. The van der Waals surface area contributed by atoms with E-state index in [1.165, 1.54) is 19.4 Å². The van der Waals surface area contributed by atoms with Crippen molar-refractivity contribution < 1.29 is 35.8 Å². The third kappa shape index (κ3) is 8.02. The normalized spacial score (nSPS) is 21.6. The molecule has 2 aliphatic heterocycles. The Labute approximate surface area is 242 Å². The lowest BCUT2D eigenvalue weighted by Crippen LogP contribution is -2.42. The van der Waals surface area contributed by atoms with E-state index >= 15 is 0 Å². The summed E-state index contributed by atoms with van der Waals surface area (Å²) in [5.74, 6) is 0.635. The Morgan fingerprint density at radius 1 is 1.05 bits per heavy atom. The van der Waals surface area contributed by atoms with Crippen molar-refractivity contribution in [2.45, 2.75) is 12.1 Å². The molecule has 1 amide bonds. The van der Waals surface area contributed by atoms with Crippen molar-refractivity contribution in [3.63, 3.8) is 0 Å². The van der Waals surface area contributed by atoms with Gasteiger partial charge in [-0.15, -0.1) is 0 Å². The fourth-order valence-electron chi connectivity index (χ4n) is 3.31. The number of aromatic nitrogens is 2. The molecular weight excluding hydrogens is 692 g/mol. The molecule has 16 nitrogen and oxygen atoms in total. The molecule has 4 heterocycles. The Kier molecular flexibility index (Phi) is 10.2. The van der Waals surface area contributed by atoms with Crippen molar-refractivity contribution in [1.29, 1.82) is 0 Å². The number of anilines is 2. The molecule has 2 aromatic rings. The van der Waals surface area contributed by atoms with Gasteiger partial charge in [0.1, 0.15) is 19.3 Å². The maximum atomic E-state index is 12.1. The lowest BCUT2D eigenvalue weighted by Gasteiger charge is -2.20. The van der Waals surface area contributed by atoms with Crippen molar-refractivity contribution in [3.8, 4) is 11.8 Å². The topological polar surface area (TPSA) is 221 Å². The molecule has 2 aromatic heterocycles. The van der Waals surface area contributed by atoms with Gasteiger partial charge in [0.25, 0.3) is 10.2 Å². The first-order chi connectivity index (χ1) is 18.2. The number of hydrogen-bond donors (Lipinski definition) is 4. The fourth-order valence-corrected chi connectivity index (χ4v) is 6.80. The zero-order valence-corrected chi connectivity index (χ0v) is 25.4. The van der Waals surface area contributed by atoms with E-state index in [1.807, 2.05) is 0 Å². The molecule has 2 saturated heterocycles. The van der Waals surface area contributed by atoms with Gasteiger partial charge in [-0.25, -0.2) is 19.5 Å². The number of nitrogens with one attached hydrogen (secondary N) is 2.